The van der Waals surface area contributed by atoms with Crippen LogP contribution < -0.4 is 5.32 Å². The van der Waals surface area contributed by atoms with Crippen LogP contribution in [-0.4, -0.2) is 0 Å². The molecule has 106 valence electrons. The summed E-state index contributed by atoms with van der Waals surface area (Å²) in [4.78, 5) is 0. The molecule has 0 radical (unpaired) electrons. The van der Waals surface area contributed by atoms with E-state index in [0.717, 1.165) is 12.1 Å². The summed E-state index contributed by atoms with van der Waals surface area (Å²) in [7, 11) is 0. The molecule has 20 heavy (non-hydrogen) atoms. The van der Waals surface area contributed by atoms with Crippen LogP contribution >= 0.6 is 0 Å². The Labute approximate surface area is 112 Å². The summed E-state index contributed by atoms with van der Waals surface area (Å²) in [6.07, 6.45) is 0. The second kappa shape index (κ2) is 5.48. The minimum Gasteiger partial charge on any atom is -0.376 e. The Morgan fingerprint density at radius 1 is 0.900 bits per heavy atom. The normalized spacial score (nSPS) is 12.3. The third-order valence-corrected chi connectivity index (χ3v) is 2.81. The van der Waals surface area contributed by atoms with Crippen molar-refractivity contribution in [3.05, 3.63) is 65.0 Å². The van der Waals surface area contributed by atoms with Gasteiger partial charge in [0, 0.05) is 17.7 Å². The highest BCUT2D eigenvalue weighted by Gasteiger charge is 2.17. The van der Waals surface area contributed by atoms with Gasteiger partial charge in [0.2, 0.25) is 0 Å². The lowest BCUT2D eigenvalue weighted by molar-refractivity contribution is 0.489. The molecule has 0 fully saturated rings. The fourth-order valence-corrected chi connectivity index (χ4v) is 1.83. The summed E-state index contributed by atoms with van der Waals surface area (Å²) in [5.41, 5.74) is -0.535. The zero-order valence-corrected chi connectivity index (χ0v) is 10.4. The molecule has 0 aliphatic carbocycles. The molecule has 1 nitrogen and oxygen atoms in total. The summed E-state index contributed by atoms with van der Waals surface area (Å²) in [6.45, 7) is 1.42. The van der Waals surface area contributed by atoms with E-state index >= 15 is 0 Å². The van der Waals surface area contributed by atoms with Gasteiger partial charge in [0.1, 0.15) is 5.82 Å². The number of hydrogen-bond acceptors (Lipinski definition) is 1. The van der Waals surface area contributed by atoms with Crippen LogP contribution in [0, 0.1) is 29.1 Å². The van der Waals surface area contributed by atoms with Gasteiger partial charge in [-0.1, -0.05) is 12.1 Å². The Morgan fingerprint density at radius 2 is 1.60 bits per heavy atom. The average Bonchev–Trinajstić information content (AvgIpc) is 2.38. The first kappa shape index (κ1) is 14.3. The lowest BCUT2D eigenvalue weighted by Crippen LogP contribution is -2.11. The fraction of sp³-hybridized carbons (Fsp3) is 0.143. The van der Waals surface area contributed by atoms with Gasteiger partial charge in [0.25, 0.3) is 0 Å². The van der Waals surface area contributed by atoms with Crippen LogP contribution in [0.4, 0.5) is 27.6 Å². The minimum absolute atomic E-state index is 0.0749. The van der Waals surface area contributed by atoms with E-state index in [1.807, 2.05) is 0 Å². The zero-order chi connectivity index (χ0) is 14.9. The van der Waals surface area contributed by atoms with E-state index in [0.29, 0.717) is 6.07 Å². The largest absolute Gasteiger partial charge is 0.376 e. The average molecular weight is 287 g/mol. The molecule has 1 N–H and O–H groups in total. The first-order valence-corrected chi connectivity index (χ1v) is 5.75. The van der Waals surface area contributed by atoms with Gasteiger partial charge in [-0.2, -0.15) is 0 Å². The standard InChI is InChI=1S/C14H10F5N/c1-7(9-3-2-4-10(16)13(9)18)20-12-6-8(15)5-11(17)14(12)19/h2-7,20H,1H3. The van der Waals surface area contributed by atoms with E-state index < -0.39 is 40.8 Å². The Kier molecular flexibility index (Phi) is 3.92. The molecule has 0 heterocycles. The molecule has 0 aliphatic heterocycles. The van der Waals surface area contributed by atoms with Crippen LogP contribution in [0.15, 0.2) is 30.3 Å². The highest BCUT2D eigenvalue weighted by molar-refractivity contribution is 5.47. The third kappa shape index (κ3) is 2.74. The second-order valence-electron chi connectivity index (χ2n) is 4.26. The highest BCUT2D eigenvalue weighted by atomic mass is 19.2. The molecule has 0 saturated heterocycles. The molecule has 0 aliphatic rings. The second-order valence-corrected chi connectivity index (χ2v) is 4.26. The molecule has 0 aromatic heterocycles. The Morgan fingerprint density at radius 3 is 2.30 bits per heavy atom. The summed E-state index contributed by atoms with van der Waals surface area (Å²) < 4.78 is 66.2. The van der Waals surface area contributed by atoms with E-state index in [1.165, 1.54) is 19.1 Å². The number of hydrogen-bond donors (Lipinski definition) is 1. The lowest BCUT2D eigenvalue weighted by Gasteiger charge is -2.17. The Hall–Kier alpha value is -2.11. The number of halogens is 5. The van der Waals surface area contributed by atoms with E-state index in [9.17, 15) is 22.0 Å². The fourth-order valence-electron chi connectivity index (χ4n) is 1.83. The topological polar surface area (TPSA) is 12.0 Å². The number of rotatable bonds is 3. The summed E-state index contributed by atoms with van der Waals surface area (Å²) in [5.74, 6) is -5.76. The van der Waals surface area contributed by atoms with Crippen molar-refractivity contribution in [2.75, 3.05) is 5.32 Å². The third-order valence-electron chi connectivity index (χ3n) is 2.81. The van der Waals surface area contributed by atoms with Crippen LogP contribution in [0.2, 0.25) is 0 Å². The highest BCUT2D eigenvalue weighted by Crippen LogP contribution is 2.26. The molecule has 2 aromatic rings. The van der Waals surface area contributed by atoms with Gasteiger partial charge in [-0.3, -0.25) is 0 Å². The predicted octanol–water partition coefficient (Wildman–Crippen LogP) is 4.56. The predicted molar refractivity (Wildman–Crippen MR) is 64.7 cm³/mol. The van der Waals surface area contributed by atoms with Crippen LogP contribution in [0.1, 0.15) is 18.5 Å². The molecule has 0 amide bonds. The molecule has 6 heteroatoms. The van der Waals surface area contributed by atoms with E-state index in [-0.39, 0.29) is 5.56 Å². The van der Waals surface area contributed by atoms with Crippen molar-refractivity contribution in [1.29, 1.82) is 0 Å². The molecule has 1 unspecified atom stereocenters. The van der Waals surface area contributed by atoms with Gasteiger partial charge >= 0.3 is 0 Å². The van der Waals surface area contributed by atoms with Crippen molar-refractivity contribution in [2.45, 2.75) is 13.0 Å². The molecule has 0 bridgehead atoms. The maximum atomic E-state index is 13.6. The maximum absolute atomic E-state index is 13.6. The van der Waals surface area contributed by atoms with Crippen molar-refractivity contribution in [1.82, 2.24) is 0 Å². The van der Waals surface area contributed by atoms with Crippen LogP contribution in [-0.2, 0) is 0 Å². The van der Waals surface area contributed by atoms with E-state index in [4.69, 9.17) is 0 Å². The van der Waals surface area contributed by atoms with Crippen LogP contribution in [0.5, 0.6) is 0 Å². The number of nitrogens with one attached hydrogen (secondary N) is 1. The maximum Gasteiger partial charge on any atom is 0.182 e. The summed E-state index contributed by atoms with van der Waals surface area (Å²) in [5, 5.41) is 2.41. The SMILES string of the molecule is CC(Nc1cc(F)cc(F)c1F)c1cccc(F)c1F. The van der Waals surface area contributed by atoms with Crippen LogP contribution in [0.3, 0.4) is 0 Å². The van der Waals surface area contributed by atoms with Gasteiger partial charge in [-0.25, -0.2) is 22.0 Å². The van der Waals surface area contributed by atoms with E-state index in [2.05, 4.69) is 5.32 Å². The van der Waals surface area contributed by atoms with Gasteiger partial charge in [0.15, 0.2) is 23.3 Å². The molecule has 0 saturated carbocycles. The van der Waals surface area contributed by atoms with Crippen molar-refractivity contribution in [3.63, 3.8) is 0 Å². The first-order valence-electron chi connectivity index (χ1n) is 5.75. The zero-order valence-electron chi connectivity index (χ0n) is 10.4. The Bertz CT molecular complexity index is 642. The van der Waals surface area contributed by atoms with E-state index in [1.54, 1.807) is 0 Å². The molecular weight excluding hydrogens is 277 g/mol. The molecule has 2 aromatic carbocycles. The van der Waals surface area contributed by atoms with Crippen molar-refractivity contribution < 1.29 is 22.0 Å². The summed E-state index contributed by atoms with van der Waals surface area (Å²) in [6, 6.07) is 3.79. The van der Waals surface area contributed by atoms with Crippen LogP contribution in [0.25, 0.3) is 0 Å². The number of benzene rings is 2. The van der Waals surface area contributed by atoms with Crippen molar-refractivity contribution in [2.24, 2.45) is 0 Å². The molecule has 0 spiro atoms. The molecule has 1 atom stereocenters. The quantitative estimate of drug-likeness (QED) is 0.645. The van der Waals surface area contributed by atoms with Crippen molar-refractivity contribution in [3.8, 4) is 0 Å². The van der Waals surface area contributed by atoms with Gasteiger partial charge in [0.05, 0.1) is 11.7 Å². The molecule has 2 rings (SSSR count). The first-order chi connectivity index (χ1) is 9.40. The summed E-state index contributed by atoms with van der Waals surface area (Å²) >= 11 is 0. The van der Waals surface area contributed by atoms with Gasteiger partial charge < -0.3 is 5.32 Å². The smallest absolute Gasteiger partial charge is 0.182 e. The number of anilines is 1. The lowest BCUT2D eigenvalue weighted by atomic mass is 10.1. The minimum atomic E-state index is -1.36. The molecular formula is C14H10F5N. The monoisotopic (exact) mass is 287 g/mol. The Balaban J connectivity index is 2.33. The van der Waals surface area contributed by atoms with Gasteiger partial charge in [-0.15, -0.1) is 0 Å². The van der Waals surface area contributed by atoms with Gasteiger partial charge in [-0.05, 0) is 13.0 Å². The van der Waals surface area contributed by atoms with Crippen molar-refractivity contribution >= 4 is 5.69 Å².